The Labute approximate surface area is 167 Å². The van der Waals surface area contributed by atoms with E-state index in [1.807, 2.05) is 36.4 Å². The lowest BCUT2D eigenvalue weighted by atomic mass is 9.96. The molecule has 0 saturated carbocycles. The summed E-state index contributed by atoms with van der Waals surface area (Å²) in [5, 5.41) is 0. The zero-order valence-corrected chi connectivity index (χ0v) is 16.7. The van der Waals surface area contributed by atoms with Crippen LogP contribution in [0.2, 0.25) is 0 Å². The summed E-state index contributed by atoms with van der Waals surface area (Å²) in [6.07, 6.45) is 1.46. The minimum atomic E-state index is -0.404. The molecule has 1 fully saturated rings. The van der Waals surface area contributed by atoms with Crippen molar-refractivity contribution >= 4 is 21.8 Å². The first-order chi connectivity index (χ1) is 13.1. The van der Waals surface area contributed by atoms with Gasteiger partial charge in [0.15, 0.2) is 0 Å². The van der Waals surface area contributed by atoms with Gasteiger partial charge in [0.2, 0.25) is 12.2 Å². The number of hydrogen-bond donors (Lipinski definition) is 1. The molecule has 2 aliphatic heterocycles. The average molecular weight is 431 g/mol. The Kier molecular flexibility index (Phi) is 5.48. The Hall–Kier alpha value is -1.89. The van der Waals surface area contributed by atoms with Gasteiger partial charge in [-0.15, -0.1) is 0 Å². The van der Waals surface area contributed by atoms with Gasteiger partial charge in [-0.1, -0.05) is 46.3 Å². The number of fused-ring (bicyclic) bond motifs is 1. The third-order valence-electron chi connectivity index (χ3n) is 5.20. The molecule has 6 heteroatoms. The van der Waals surface area contributed by atoms with Crippen LogP contribution in [-0.2, 0) is 22.7 Å². The van der Waals surface area contributed by atoms with Gasteiger partial charge in [-0.25, -0.2) is 0 Å². The van der Waals surface area contributed by atoms with Crippen molar-refractivity contribution < 1.29 is 14.3 Å². The molecule has 1 amide bonds. The number of likely N-dealkylation sites (tertiary alicyclic amines) is 1. The maximum absolute atomic E-state index is 11.6. The minimum Gasteiger partial charge on any atom is -0.460 e. The van der Waals surface area contributed by atoms with Crippen molar-refractivity contribution in [2.75, 3.05) is 13.1 Å². The number of carbonyl (C=O) groups is 1. The third kappa shape index (κ3) is 4.18. The number of amides is 1. The normalized spacial score (nSPS) is 22.7. The number of rotatable bonds is 4. The highest BCUT2D eigenvalue weighted by Gasteiger charge is 2.28. The molecule has 1 saturated heterocycles. The molecule has 2 aromatic carbocycles. The van der Waals surface area contributed by atoms with Gasteiger partial charge in [0.1, 0.15) is 5.75 Å². The van der Waals surface area contributed by atoms with Gasteiger partial charge >= 0.3 is 0 Å². The van der Waals surface area contributed by atoms with Crippen molar-refractivity contribution in [3.63, 3.8) is 0 Å². The van der Waals surface area contributed by atoms with Crippen molar-refractivity contribution in [2.24, 2.45) is 11.7 Å². The van der Waals surface area contributed by atoms with Crippen LogP contribution in [0, 0.1) is 5.92 Å². The quantitative estimate of drug-likeness (QED) is 0.801. The third-order valence-corrected chi connectivity index (χ3v) is 5.65. The summed E-state index contributed by atoms with van der Waals surface area (Å²) >= 11 is 3.60. The second-order valence-corrected chi connectivity index (χ2v) is 8.12. The van der Waals surface area contributed by atoms with Crippen LogP contribution >= 0.6 is 15.9 Å². The monoisotopic (exact) mass is 430 g/mol. The molecule has 0 aliphatic carbocycles. The van der Waals surface area contributed by atoms with Crippen LogP contribution in [0.4, 0.5) is 0 Å². The van der Waals surface area contributed by atoms with E-state index in [2.05, 4.69) is 26.9 Å². The summed E-state index contributed by atoms with van der Waals surface area (Å²) in [5.41, 5.74) is 8.67. The number of halogens is 1. The van der Waals surface area contributed by atoms with Gasteiger partial charge in [0.05, 0.1) is 12.5 Å². The second-order valence-electron chi connectivity index (χ2n) is 7.20. The molecule has 5 nitrogen and oxygen atoms in total. The number of benzene rings is 2. The summed E-state index contributed by atoms with van der Waals surface area (Å²) < 4.78 is 13.2. The van der Waals surface area contributed by atoms with Crippen molar-refractivity contribution in [2.45, 2.75) is 32.3 Å². The van der Waals surface area contributed by atoms with Crippen LogP contribution in [0.15, 0.2) is 46.9 Å². The first kappa shape index (κ1) is 18.5. The van der Waals surface area contributed by atoms with Crippen LogP contribution < -0.4 is 10.5 Å². The van der Waals surface area contributed by atoms with Crippen LogP contribution in [-0.4, -0.2) is 23.9 Å². The fraction of sp³-hybridized carbons (Fsp3) is 0.381. The highest BCUT2D eigenvalue weighted by molar-refractivity contribution is 9.10. The zero-order chi connectivity index (χ0) is 18.8. The standard InChI is InChI=1S/C21H23BrN2O3/c22-18-9-16(12-24-8-4-7-15(11-24)20(23)25)19-17(10-18)13-26-21(27-19)14-5-2-1-3-6-14/h1-3,5-6,9-10,15,21H,4,7-8,11-13H2,(H2,23,25)/t15-,21+/m0/s1. The molecule has 2 aliphatic rings. The first-order valence-electron chi connectivity index (χ1n) is 9.26. The van der Waals surface area contributed by atoms with E-state index < -0.39 is 6.29 Å². The summed E-state index contributed by atoms with van der Waals surface area (Å²) in [7, 11) is 0. The predicted octanol–water partition coefficient (Wildman–Crippen LogP) is 3.75. The van der Waals surface area contributed by atoms with Gasteiger partial charge in [-0.3, -0.25) is 9.69 Å². The zero-order valence-electron chi connectivity index (χ0n) is 15.1. The molecule has 2 atom stereocenters. The first-order valence-corrected chi connectivity index (χ1v) is 10.1. The number of piperidine rings is 1. The molecule has 0 radical (unpaired) electrons. The lowest BCUT2D eigenvalue weighted by Gasteiger charge is -2.33. The molecule has 2 N–H and O–H groups in total. The van der Waals surface area contributed by atoms with E-state index in [-0.39, 0.29) is 11.8 Å². The number of hydrogen-bond acceptors (Lipinski definition) is 4. The molecule has 27 heavy (non-hydrogen) atoms. The van der Waals surface area contributed by atoms with Crippen molar-refractivity contribution in [3.05, 3.63) is 63.6 Å². The second kappa shape index (κ2) is 8.00. The predicted molar refractivity (Wildman–Crippen MR) is 106 cm³/mol. The van der Waals surface area contributed by atoms with E-state index in [1.165, 1.54) is 0 Å². The number of carbonyl (C=O) groups excluding carboxylic acids is 1. The lowest BCUT2D eigenvalue weighted by Crippen LogP contribution is -2.40. The fourth-order valence-electron chi connectivity index (χ4n) is 3.84. The number of nitrogens with zero attached hydrogens (tertiary/aromatic N) is 1. The van der Waals surface area contributed by atoms with Gasteiger partial charge in [0, 0.05) is 34.3 Å². The average Bonchev–Trinajstić information content (AvgIpc) is 2.68. The van der Waals surface area contributed by atoms with E-state index in [9.17, 15) is 4.79 Å². The molecule has 0 spiro atoms. The smallest absolute Gasteiger partial charge is 0.227 e. The molecule has 4 rings (SSSR count). The van der Waals surface area contributed by atoms with Gasteiger partial charge < -0.3 is 15.2 Å². The van der Waals surface area contributed by atoms with E-state index >= 15 is 0 Å². The molecular weight excluding hydrogens is 408 g/mol. The van der Waals surface area contributed by atoms with E-state index in [0.717, 1.165) is 52.8 Å². The Morgan fingerprint density at radius 1 is 1.26 bits per heavy atom. The SMILES string of the molecule is NC(=O)[C@H]1CCCN(Cc2cc(Br)cc3c2O[C@H](c2ccccc2)OC3)C1. The summed E-state index contributed by atoms with van der Waals surface area (Å²) in [5.74, 6) is 0.618. The minimum absolute atomic E-state index is 0.0666. The van der Waals surface area contributed by atoms with Crippen LogP contribution in [0.1, 0.15) is 35.8 Å². The maximum Gasteiger partial charge on any atom is 0.227 e. The fourth-order valence-corrected chi connectivity index (χ4v) is 4.39. The summed E-state index contributed by atoms with van der Waals surface area (Å²) in [6.45, 7) is 2.90. The molecule has 142 valence electrons. The topological polar surface area (TPSA) is 64.8 Å². The number of ether oxygens (including phenoxy) is 2. The molecule has 2 aromatic rings. The Morgan fingerprint density at radius 2 is 2.07 bits per heavy atom. The van der Waals surface area contributed by atoms with Crippen molar-refractivity contribution in [1.29, 1.82) is 0 Å². The number of nitrogens with two attached hydrogens (primary N) is 1. The molecule has 0 bridgehead atoms. The van der Waals surface area contributed by atoms with Crippen LogP contribution in [0.25, 0.3) is 0 Å². The largest absolute Gasteiger partial charge is 0.460 e. The molecule has 2 heterocycles. The van der Waals surface area contributed by atoms with Crippen LogP contribution in [0.5, 0.6) is 5.75 Å². The molecular formula is C21H23BrN2O3. The van der Waals surface area contributed by atoms with Crippen LogP contribution in [0.3, 0.4) is 0 Å². The summed E-state index contributed by atoms with van der Waals surface area (Å²) in [4.78, 5) is 13.9. The molecule has 0 unspecified atom stereocenters. The molecule has 0 aromatic heterocycles. The van der Waals surface area contributed by atoms with Crippen molar-refractivity contribution in [1.82, 2.24) is 4.90 Å². The van der Waals surface area contributed by atoms with E-state index in [0.29, 0.717) is 13.2 Å². The lowest BCUT2D eigenvalue weighted by molar-refractivity contribution is -0.123. The highest BCUT2D eigenvalue weighted by Crippen LogP contribution is 2.38. The highest BCUT2D eigenvalue weighted by atomic mass is 79.9. The Balaban J connectivity index is 1.57. The Bertz CT molecular complexity index is 828. The number of primary amides is 1. The van der Waals surface area contributed by atoms with Gasteiger partial charge in [0.25, 0.3) is 0 Å². The Morgan fingerprint density at radius 3 is 2.85 bits per heavy atom. The summed E-state index contributed by atoms with van der Waals surface area (Å²) in [6, 6.07) is 14.1. The van der Waals surface area contributed by atoms with E-state index in [4.69, 9.17) is 15.2 Å². The van der Waals surface area contributed by atoms with Gasteiger partial charge in [-0.05, 0) is 31.5 Å². The van der Waals surface area contributed by atoms with Gasteiger partial charge in [-0.2, -0.15) is 0 Å². The van der Waals surface area contributed by atoms with E-state index in [1.54, 1.807) is 0 Å². The maximum atomic E-state index is 11.6. The van der Waals surface area contributed by atoms with Crippen molar-refractivity contribution in [3.8, 4) is 5.75 Å².